The molecule has 5 N–H and O–H groups in total. The first-order chi connectivity index (χ1) is 17.6. The fourth-order valence-electron chi connectivity index (χ4n) is 4.40. The van der Waals surface area contributed by atoms with Crippen LogP contribution in [-0.4, -0.2) is 42.2 Å². The molecular formula is C25H27F6N3O4. The number of halogens is 6. The van der Waals surface area contributed by atoms with E-state index in [1.165, 1.54) is 6.92 Å². The Hall–Kier alpha value is -3.16. The SMILES string of the molecule is C[C@@H](OC[C@@]1(c2ccccc2)CC[C@@](NC(=O)CO)(C(N)=O)CN1)c1cc(C(F)(F)F)cc(C(F)(F)F)c1. The average Bonchev–Trinajstić information content (AvgIpc) is 2.87. The highest BCUT2D eigenvalue weighted by atomic mass is 19.4. The summed E-state index contributed by atoms with van der Waals surface area (Å²) in [7, 11) is 0. The molecule has 1 aliphatic heterocycles. The number of hydrogen-bond acceptors (Lipinski definition) is 5. The van der Waals surface area contributed by atoms with Gasteiger partial charge in [0.1, 0.15) is 12.1 Å². The van der Waals surface area contributed by atoms with Gasteiger partial charge in [-0.1, -0.05) is 30.3 Å². The molecule has 1 aliphatic rings. The Kier molecular flexibility index (Phi) is 8.44. The molecule has 0 radical (unpaired) electrons. The van der Waals surface area contributed by atoms with Crippen molar-refractivity contribution in [1.82, 2.24) is 10.6 Å². The lowest BCUT2D eigenvalue weighted by Crippen LogP contribution is -2.69. The molecule has 0 saturated carbocycles. The topological polar surface area (TPSA) is 114 Å². The highest BCUT2D eigenvalue weighted by Crippen LogP contribution is 2.39. The third kappa shape index (κ3) is 6.45. The number of primary amides is 1. The van der Waals surface area contributed by atoms with Gasteiger partial charge in [-0.3, -0.25) is 9.59 Å². The van der Waals surface area contributed by atoms with Gasteiger partial charge >= 0.3 is 12.4 Å². The second-order valence-corrected chi connectivity index (χ2v) is 9.25. The summed E-state index contributed by atoms with van der Waals surface area (Å²) >= 11 is 0. The van der Waals surface area contributed by atoms with Gasteiger partial charge in [0, 0.05) is 6.54 Å². The Bertz CT molecular complexity index is 1110. The van der Waals surface area contributed by atoms with E-state index in [1.807, 2.05) is 0 Å². The van der Waals surface area contributed by atoms with Crippen LogP contribution in [0.2, 0.25) is 0 Å². The van der Waals surface area contributed by atoms with E-state index in [1.54, 1.807) is 30.3 Å². The quantitative estimate of drug-likeness (QED) is 0.379. The third-order valence-corrected chi connectivity index (χ3v) is 6.69. The summed E-state index contributed by atoms with van der Waals surface area (Å²) in [4.78, 5) is 24.0. The van der Waals surface area contributed by atoms with E-state index in [0.29, 0.717) is 17.7 Å². The first-order valence-corrected chi connectivity index (χ1v) is 11.6. The molecule has 2 aromatic carbocycles. The van der Waals surface area contributed by atoms with Crippen LogP contribution in [-0.2, 0) is 32.2 Å². The second kappa shape index (κ2) is 10.9. The summed E-state index contributed by atoms with van der Waals surface area (Å²) in [5, 5.41) is 14.7. The number of alkyl halides is 6. The van der Waals surface area contributed by atoms with Gasteiger partial charge in [-0.25, -0.2) is 0 Å². The lowest BCUT2D eigenvalue weighted by Gasteiger charge is -2.46. The molecule has 2 aromatic rings. The van der Waals surface area contributed by atoms with E-state index in [9.17, 15) is 35.9 Å². The minimum Gasteiger partial charge on any atom is -0.387 e. The zero-order valence-corrected chi connectivity index (χ0v) is 20.2. The summed E-state index contributed by atoms with van der Waals surface area (Å²) in [5.74, 6) is -1.65. The molecule has 0 unspecified atom stereocenters. The van der Waals surface area contributed by atoms with E-state index in [2.05, 4.69) is 10.6 Å². The first-order valence-electron chi connectivity index (χ1n) is 11.6. The van der Waals surface area contributed by atoms with E-state index >= 15 is 0 Å². The second-order valence-electron chi connectivity index (χ2n) is 9.25. The monoisotopic (exact) mass is 547 g/mol. The number of hydrogen-bond donors (Lipinski definition) is 4. The lowest BCUT2D eigenvalue weighted by molar-refractivity contribution is -0.143. The maximum absolute atomic E-state index is 13.3. The molecule has 7 nitrogen and oxygen atoms in total. The molecule has 3 rings (SSSR count). The summed E-state index contributed by atoms with van der Waals surface area (Å²) in [6.07, 6.45) is -11.0. The Morgan fingerprint density at radius 3 is 2.08 bits per heavy atom. The molecule has 2 amide bonds. The molecule has 0 aliphatic carbocycles. The molecule has 0 spiro atoms. The number of carbonyl (C=O) groups is 2. The molecule has 208 valence electrons. The van der Waals surface area contributed by atoms with Crippen LogP contribution in [0.15, 0.2) is 48.5 Å². The number of ether oxygens (including phenoxy) is 1. The van der Waals surface area contributed by atoms with Crippen molar-refractivity contribution in [3.05, 3.63) is 70.8 Å². The number of aliphatic hydroxyl groups excluding tert-OH is 1. The van der Waals surface area contributed by atoms with Gasteiger partial charge < -0.3 is 26.2 Å². The number of benzene rings is 2. The number of carbonyl (C=O) groups excluding carboxylic acids is 2. The van der Waals surface area contributed by atoms with Crippen LogP contribution in [0.5, 0.6) is 0 Å². The van der Waals surface area contributed by atoms with Gasteiger partial charge in [0.15, 0.2) is 0 Å². The Morgan fingerprint density at radius 1 is 1.05 bits per heavy atom. The normalized spacial score (nSPS) is 23.1. The van der Waals surface area contributed by atoms with E-state index in [4.69, 9.17) is 15.6 Å². The number of nitrogens with two attached hydrogens (primary N) is 1. The Morgan fingerprint density at radius 2 is 1.63 bits per heavy atom. The fraction of sp³-hybridized carbons (Fsp3) is 0.440. The summed E-state index contributed by atoms with van der Waals surface area (Å²) < 4.78 is 85.7. The molecule has 0 bridgehead atoms. The Labute approximate surface area is 214 Å². The number of piperidine rings is 1. The van der Waals surface area contributed by atoms with Crippen molar-refractivity contribution in [1.29, 1.82) is 0 Å². The predicted molar refractivity (Wildman–Crippen MR) is 123 cm³/mol. The maximum Gasteiger partial charge on any atom is 0.416 e. The molecule has 3 atom stereocenters. The van der Waals surface area contributed by atoms with Gasteiger partial charge in [-0.2, -0.15) is 26.3 Å². The van der Waals surface area contributed by atoms with E-state index in [-0.39, 0.29) is 37.6 Å². The molecule has 0 aromatic heterocycles. The van der Waals surface area contributed by atoms with Crippen LogP contribution in [0.1, 0.15) is 48.1 Å². The van der Waals surface area contributed by atoms with Crippen LogP contribution in [0, 0.1) is 0 Å². The van der Waals surface area contributed by atoms with Gasteiger partial charge in [0.05, 0.1) is 29.4 Å². The molecule has 1 saturated heterocycles. The number of amides is 2. The minimum absolute atomic E-state index is 0.0233. The molecule has 1 heterocycles. The maximum atomic E-state index is 13.3. The van der Waals surface area contributed by atoms with Crippen LogP contribution in [0.4, 0.5) is 26.3 Å². The average molecular weight is 547 g/mol. The van der Waals surface area contributed by atoms with Crippen molar-refractivity contribution in [3.63, 3.8) is 0 Å². The highest BCUT2D eigenvalue weighted by molar-refractivity contribution is 5.91. The van der Waals surface area contributed by atoms with Crippen molar-refractivity contribution >= 4 is 11.8 Å². The number of rotatable bonds is 8. The minimum atomic E-state index is -5.00. The Balaban J connectivity index is 1.90. The van der Waals surface area contributed by atoms with Crippen molar-refractivity contribution in [2.75, 3.05) is 19.8 Å². The van der Waals surface area contributed by atoms with Gasteiger partial charge in [-0.05, 0) is 49.1 Å². The predicted octanol–water partition coefficient (Wildman–Crippen LogP) is 3.41. The lowest BCUT2D eigenvalue weighted by atomic mass is 9.76. The first kappa shape index (κ1) is 29.4. The van der Waals surface area contributed by atoms with E-state index in [0.717, 1.165) is 0 Å². The molecule has 1 fully saturated rings. The number of nitrogens with one attached hydrogen (secondary N) is 2. The summed E-state index contributed by atoms with van der Waals surface area (Å²) in [6, 6.07) is 9.99. The molecule has 38 heavy (non-hydrogen) atoms. The summed E-state index contributed by atoms with van der Waals surface area (Å²) in [6.45, 7) is 0.115. The van der Waals surface area contributed by atoms with Crippen LogP contribution >= 0.6 is 0 Å². The largest absolute Gasteiger partial charge is 0.416 e. The molecular weight excluding hydrogens is 520 g/mol. The van der Waals surface area contributed by atoms with Crippen molar-refractivity contribution < 1.29 is 45.8 Å². The zero-order chi connectivity index (χ0) is 28.4. The van der Waals surface area contributed by atoms with Gasteiger partial charge in [0.25, 0.3) is 0 Å². The highest BCUT2D eigenvalue weighted by Gasteiger charge is 2.48. The van der Waals surface area contributed by atoms with Crippen LogP contribution < -0.4 is 16.4 Å². The third-order valence-electron chi connectivity index (χ3n) is 6.69. The van der Waals surface area contributed by atoms with E-state index < -0.39 is 59.1 Å². The smallest absolute Gasteiger partial charge is 0.387 e. The zero-order valence-electron chi connectivity index (χ0n) is 20.2. The van der Waals surface area contributed by atoms with Crippen molar-refractivity contribution in [2.45, 2.75) is 49.3 Å². The van der Waals surface area contributed by atoms with Gasteiger partial charge in [-0.15, -0.1) is 0 Å². The molecule has 13 heteroatoms. The van der Waals surface area contributed by atoms with Crippen molar-refractivity contribution in [2.24, 2.45) is 5.73 Å². The van der Waals surface area contributed by atoms with Crippen LogP contribution in [0.3, 0.4) is 0 Å². The van der Waals surface area contributed by atoms with Crippen molar-refractivity contribution in [3.8, 4) is 0 Å². The van der Waals surface area contributed by atoms with Crippen LogP contribution in [0.25, 0.3) is 0 Å². The standard InChI is InChI=1S/C25H27F6N3O4/c1-15(16-9-18(24(26,27)28)11-19(10-16)25(29,30)31)38-14-23(17-5-3-2-4-6-17)8-7-22(13-33-23,21(32)37)34-20(36)12-35/h2-6,9-11,15,33,35H,7-8,12-14H2,1H3,(H2,32,37)(H,34,36)/t15-,22+,23-/m1/s1. The fourth-order valence-corrected chi connectivity index (χ4v) is 4.40. The van der Waals surface area contributed by atoms with Gasteiger partial charge in [0.2, 0.25) is 11.8 Å². The summed E-state index contributed by atoms with van der Waals surface area (Å²) in [5.41, 5.74) is 0.470. The number of aliphatic hydroxyl groups is 1.